The molecule has 0 fully saturated rings. The van der Waals surface area contributed by atoms with Crippen LogP contribution in [0.4, 0.5) is 0 Å². The molecule has 0 radical (unpaired) electrons. The molecule has 1 rings (SSSR count). The van der Waals surface area contributed by atoms with Gasteiger partial charge in [0.25, 0.3) is 0 Å². The number of nitrogens with one attached hydrogen (secondary N) is 2. The summed E-state index contributed by atoms with van der Waals surface area (Å²) in [5.41, 5.74) is 0. The maximum absolute atomic E-state index is 12.2. The maximum Gasteiger partial charge on any atom is 0.191 e. The Labute approximate surface area is 170 Å². The highest BCUT2D eigenvalue weighted by molar-refractivity contribution is 14.0. The largest absolute Gasteiger partial charge is 0.357 e. The first kappa shape index (κ1) is 24.2. The number of rotatable bonds is 10. The SMILES string of the molecule is CCNC(=NCC(CC)CC)NCCCS(=O)(=O)c1ccccc1.I. The van der Waals surface area contributed by atoms with Crippen molar-refractivity contribution in [1.82, 2.24) is 10.6 Å². The average molecular weight is 481 g/mol. The Hall–Kier alpha value is -0.830. The van der Waals surface area contributed by atoms with E-state index in [1.807, 2.05) is 13.0 Å². The van der Waals surface area contributed by atoms with Crippen molar-refractivity contribution >= 4 is 39.8 Å². The summed E-state index contributed by atoms with van der Waals surface area (Å²) in [6.45, 7) is 8.55. The molecule has 0 unspecified atom stereocenters. The third-order valence-corrected chi connectivity index (χ3v) is 5.81. The van der Waals surface area contributed by atoms with Gasteiger partial charge in [-0.2, -0.15) is 0 Å². The molecule has 7 heteroatoms. The molecule has 0 saturated carbocycles. The monoisotopic (exact) mass is 481 g/mol. The highest BCUT2D eigenvalue weighted by Gasteiger charge is 2.13. The molecule has 0 atom stereocenters. The van der Waals surface area contributed by atoms with Gasteiger partial charge in [0.15, 0.2) is 15.8 Å². The quantitative estimate of drug-likeness (QED) is 0.233. The van der Waals surface area contributed by atoms with E-state index in [-0.39, 0.29) is 29.7 Å². The molecule has 2 N–H and O–H groups in total. The number of halogens is 1. The fourth-order valence-corrected chi connectivity index (χ4v) is 3.66. The fourth-order valence-electron chi connectivity index (χ4n) is 2.32. The number of hydrogen-bond donors (Lipinski definition) is 2. The standard InChI is InChI=1S/C18H31N3O2S.HI/c1-4-16(5-2)15-21-18(19-6-3)20-13-10-14-24(22,23)17-11-8-7-9-12-17;/h7-9,11-12,16H,4-6,10,13-15H2,1-3H3,(H2,19,20,21);1H. The van der Waals surface area contributed by atoms with Gasteiger partial charge >= 0.3 is 0 Å². The molecule has 0 amide bonds. The Morgan fingerprint density at radius 3 is 2.28 bits per heavy atom. The number of aliphatic imine (C=N–C) groups is 1. The predicted molar refractivity (Wildman–Crippen MR) is 117 cm³/mol. The van der Waals surface area contributed by atoms with Crippen molar-refractivity contribution in [3.63, 3.8) is 0 Å². The second-order valence-electron chi connectivity index (χ2n) is 5.81. The zero-order valence-corrected chi connectivity index (χ0v) is 18.6. The molecular weight excluding hydrogens is 449 g/mol. The molecule has 144 valence electrons. The lowest BCUT2D eigenvalue weighted by atomic mass is 10.0. The summed E-state index contributed by atoms with van der Waals surface area (Å²) in [5.74, 6) is 1.50. The lowest BCUT2D eigenvalue weighted by molar-refractivity contribution is 0.504. The van der Waals surface area contributed by atoms with E-state index in [9.17, 15) is 8.42 Å². The van der Waals surface area contributed by atoms with Crippen molar-refractivity contribution in [1.29, 1.82) is 0 Å². The van der Waals surface area contributed by atoms with Crippen LogP contribution in [0.3, 0.4) is 0 Å². The first-order chi connectivity index (χ1) is 11.5. The smallest absolute Gasteiger partial charge is 0.191 e. The van der Waals surface area contributed by atoms with Gasteiger partial charge in [-0.25, -0.2) is 8.42 Å². The van der Waals surface area contributed by atoms with Crippen molar-refractivity contribution in [3.05, 3.63) is 30.3 Å². The van der Waals surface area contributed by atoms with E-state index < -0.39 is 9.84 Å². The van der Waals surface area contributed by atoms with E-state index in [0.717, 1.165) is 31.9 Å². The molecule has 0 heterocycles. The number of hydrogen-bond acceptors (Lipinski definition) is 3. The molecule has 0 saturated heterocycles. The van der Waals surface area contributed by atoms with E-state index in [2.05, 4.69) is 29.5 Å². The molecule has 0 spiro atoms. The van der Waals surface area contributed by atoms with Crippen LogP contribution in [0.2, 0.25) is 0 Å². The van der Waals surface area contributed by atoms with Gasteiger partial charge in [-0.15, -0.1) is 24.0 Å². The lowest BCUT2D eigenvalue weighted by Gasteiger charge is -2.14. The van der Waals surface area contributed by atoms with Crippen LogP contribution >= 0.6 is 24.0 Å². The summed E-state index contributed by atoms with van der Waals surface area (Å²) in [5, 5.41) is 6.43. The zero-order valence-electron chi connectivity index (χ0n) is 15.5. The van der Waals surface area contributed by atoms with E-state index in [1.165, 1.54) is 0 Å². The molecular formula is C18H32IN3O2S. The topological polar surface area (TPSA) is 70.6 Å². The number of benzene rings is 1. The number of guanidine groups is 1. The molecule has 1 aromatic carbocycles. The minimum Gasteiger partial charge on any atom is -0.357 e. The van der Waals surface area contributed by atoms with Gasteiger partial charge in [0.2, 0.25) is 0 Å². The molecule has 25 heavy (non-hydrogen) atoms. The summed E-state index contributed by atoms with van der Waals surface area (Å²) in [4.78, 5) is 4.98. The first-order valence-corrected chi connectivity index (χ1v) is 10.5. The van der Waals surface area contributed by atoms with E-state index in [4.69, 9.17) is 0 Å². The molecule has 0 aliphatic carbocycles. The summed E-state index contributed by atoms with van der Waals surface area (Å²) in [6, 6.07) is 8.60. The van der Waals surface area contributed by atoms with Crippen molar-refractivity contribution in [2.24, 2.45) is 10.9 Å². The second kappa shape index (κ2) is 13.4. The van der Waals surface area contributed by atoms with Crippen LogP contribution in [0.25, 0.3) is 0 Å². The molecule has 5 nitrogen and oxygen atoms in total. The fraction of sp³-hybridized carbons (Fsp3) is 0.611. The normalized spacial score (nSPS) is 11.9. The minimum absolute atomic E-state index is 0. The van der Waals surface area contributed by atoms with Crippen LogP contribution in [0.5, 0.6) is 0 Å². The average Bonchev–Trinajstić information content (AvgIpc) is 2.60. The first-order valence-electron chi connectivity index (χ1n) is 8.83. The molecule has 0 aliphatic heterocycles. The van der Waals surface area contributed by atoms with Gasteiger partial charge < -0.3 is 10.6 Å². The summed E-state index contributed by atoms with van der Waals surface area (Å²) >= 11 is 0. The molecule has 0 aromatic heterocycles. The van der Waals surface area contributed by atoms with E-state index in [0.29, 0.717) is 23.8 Å². The summed E-state index contributed by atoms with van der Waals surface area (Å²) in [7, 11) is -3.20. The number of nitrogens with zero attached hydrogens (tertiary/aromatic N) is 1. The van der Waals surface area contributed by atoms with Crippen LogP contribution in [0.1, 0.15) is 40.0 Å². The minimum atomic E-state index is -3.20. The predicted octanol–water partition coefficient (Wildman–Crippen LogP) is 3.46. The summed E-state index contributed by atoms with van der Waals surface area (Å²) < 4.78 is 24.4. The van der Waals surface area contributed by atoms with Crippen LogP contribution < -0.4 is 10.6 Å². The Balaban J connectivity index is 0.00000576. The lowest BCUT2D eigenvalue weighted by Crippen LogP contribution is -2.38. The third-order valence-electron chi connectivity index (χ3n) is 3.99. The Morgan fingerprint density at radius 2 is 1.72 bits per heavy atom. The Bertz CT molecular complexity index is 588. The van der Waals surface area contributed by atoms with Crippen LogP contribution in [0.15, 0.2) is 40.2 Å². The molecule has 1 aromatic rings. The van der Waals surface area contributed by atoms with Gasteiger partial charge in [0.1, 0.15) is 0 Å². The number of sulfone groups is 1. The molecule has 0 bridgehead atoms. The third kappa shape index (κ3) is 9.44. The van der Waals surface area contributed by atoms with Crippen LogP contribution in [-0.4, -0.2) is 39.8 Å². The van der Waals surface area contributed by atoms with Gasteiger partial charge in [0, 0.05) is 19.6 Å². The highest BCUT2D eigenvalue weighted by Crippen LogP contribution is 2.10. The van der Waals surface area contributed by atoms with Crippen LogP contribution in [-0.2, 0) is 9.84 Å². The van der Waals surface area contributed by atoms with Gasteiger partial charge in [0.05, 0.1) is 10.6 Å². The zero-order chi connectivity index (χ0) is 17.8. The van der Waals surface area contributed by atoms with E-state index in [1.54, 1.807) is 24.3 Å². The van der Waals surface area contributed by atoms with Gasteiger partial charge in [-0.05, 0) is 31.4 Å². The summed E-state index contributed by atoms with van der Waals surface area (Å²) in [6.07, 6.45) is 2.79. The van der Waals surface area contributed by atoms with Crippen molar-refractivity contribution in [2.45, 2.75) is 44.9 Å². The Morgan fingerprint density at radius 1 is 1.08 bits per heavy atom. The van der Waals surface area contributed by atoms with Crippen molar-refractivity contribution < 1.29 is 8.42 Å². The van der Waals surface area contributed by atoms with Crippen LogP contribution in [0, 0.1) is 5.92 Å². The van der Waals surface area contributed by atoms with Gasteiger partial charge in [-0.1, -0.05) is 44.9 Å². The second-order valence-corrected chi connectivity index (χ2v) is 7.92. The van der Waals surface area contributed by atoms with Crippen molar-refractivity contribution in [3.8, 4) is 0 Å². The Kier molecular flexibility index (Phi) is 12.9. The van der Waals surface area contributed by atoms with Crippen molar-refractivity contribution in [2.75, 3.05) is 25.4 Å². The van der Waals surface area contributed by atoms with Gasteiger partial charge in [-0.3, -0.25) is 4.99 Å². The van der Waals surface area contributed by atoms with E-state index >= 15 is 0 Å². The maximum atomic E-state index is 12.2. The highest BCUT2D eigenvalue weighted by atomic mass is 127. The molecule has 0 aliphatic rings.